The summed E-state index contributed by atoms with van der Waals surface area (Å²) in [5, 5.41) is 0.688. The lowest BCUT2D eigenvalue weighted by atomic mass is 9.72. The van der Waals surface area contributed by atoms with Gasteiger partial charge >= 0.3 is 0 Å². The summed E-state index contributed by atoms with van der Waals surface area (Å²) in [6.07, 6.45) is 3.14. The summed E-state index contributed by atoms with van der Waals surface area (Å²) in [5.74, 6) is 0.483. The van der Waals surface area contributed by atoms with Gasteiger partial charge in [-0.25, -0.2) is 4.98 Å². The molecular weight excluding hydrogens is 384 g/mol. The van der Waals surface area contributed by atoms with Gasteiger partial charge in [0.15, 0.2) is 0 Å². The van der Waals surface area contributed by atoms with E-state index in [4.69, 9.17) is 21.8 Å². The number of hydrogen-bond donors (Lipinski definition) is 1. The van der Waals surface area contributed by atoms with Gasteiger partial charge in [0.05, 0.1) is 10.9 Å². The van der Waals surface area contributed by atoms with Crippen LogP contribution in [0.15, 0.2) is 75.9 Å². The van der Waals surface area contributed by atoms with Crippen LogP contribution in [0.2, 0.25) is 5.15 Å². The maximum Gasteiger partial charge on any atom is 0.231 e. The summed E-state index contributed by atoms with van der Waals surface area (Å²) in [7, 11) is 0. The largest absolute Gasteiger partial charge is 0.437 e. The van der Waals surface area contributed by atoms with Crippen molar-refractivity contribution in [3.05, 3.63) is 87.7 Å². The molecule has 2 N–H and O–H groups in total. The Bertz CT molecular complexity index is 1260. The molecule has 1 saturated carbocycles. The third-order valence-corrected chi connectivity index (χ3v) is 5.96. The van der Waals surface area contributed by atoms with Crippen molar-refractivity contribution in [1.82, 2.24) is 4.98 Å². The van der Waals surface area contributed by atoms with Crippen molar-refractivity contribution >= 4 is 22.7 Å². The lowest BCUT2D eigenvalue weighted by Crippen LogP contribution is -2.43. The average molecular weight is 403 g/mol. The Labute approximate surface area is 173 Å². The second-order valence-electron chi connectivity index (χ2n) is 7.58. The second-order valence-corrected chi connectivity index (χ2v) is 7.96. The molecular formula is C24H19ClN2O2. The Hall–Kier alpha value is -2.95. The van der Waals surface area contributed by atoms with E-state index in [0.29, 0.717) is 16.7 Å². The number of benzene rings is 2. The Kier molecular flexibility index (Phi) is 4.26. The lowest BCUT2D eigenvalue weighted by Gasteiger charge is -2.38. The minimum atomic E-state index is -0.241. The van der Waals surface area contributed by atoms with Gasteiger partial charge in [0.2, 0.25) is 11.1 Å². The first kappa shape index (κ1) is 18.1. The zero-order valence-electron chi connectivity index (χ0n) is 15.7. The van der Waals surface area contributed by atoms with Crippen LogP contribution < -0.4 is 11.2 Å². The van der Waals surface area contributed by atoms with E-state index in [2.05, 4.69) is 4.98 Å². The summed E-state index contributed by atoms with van der Waals surface area (Å²) >= 11 is 6.02. The Morgan fingerprint density at radius 2 is 1.66 bits per heavy atom. The molecule has 1 fully saturated rings. The van der Waals surface area contributed by atoms with Gasteiger partial charge in [-0.1, -0.05) is 66.2 Å². The number of halogens is 1. The first-order valence-electron chi connectivity index (χ1n) is 9.64. The summed E-state index contributed by atoms with van der Waals surface area (Å²) < 4.78 is 6.10. The molecule has 0 amide bonds. The van der Waals surface area contributed by atoms with Gasteiger partial charge < -0.3 is 10.2 Å². The number of aromatic nitrogens is 1. The van der Waals surface area contributed by atoms with Gasteiger partial charge in [0.25, 0.3) is 0 Å². The van der Waals surface area contributed by atoms with E-state index in [1.165, 1.54) is 0 Å². The number of hydrogen-bond acceptors (Lipinski definition) is 4. The highest BCUT2D eigenvalue weighted by atomic mass is 35.5. The molecule has 29 heavy (non-hydrogen) atoms. The summed E-state index contributed by atoms with van der Waals surface area (Å²) in [5.41, 5.74) is 9.53. The topological polar surface area (TPSA) is 69.1 Å². The van der Waals surface area contributed by atoms with Crippen molar-refractivity contribution in [2.75, 3.05) is 0 Å². The van der Waals surface area contributed by atoms with Crippen molar-refractivity contribution in [3.8, 4) is 22.5 Å². The fourth-order valence-corrected chi connectivity index (χ4v) is 4.06. The van der Waals surface area contributed by atoms with E-state index < -0.39 is 0 Å². The normalized spacial score (nSPS) is 15.2. The number of pyridine rings is 1. The van der Waals surface area contributed by atoms with Gasteiger partial charge in [0.1, 0.15) is 10.9 Å². The fraction of sp³-hybridized carbons (Fsp3) is 0.167. The van der Waals surface area contributed by atoms with Gasteiger partial charge in [-0.15, -0.1) is 0 Å². The van der Waals surface area contributed by atoms with Crippen molar-refractivity contribution < 1.29 is 4.42 Å². The highest BCUT2D eigenvalue weighted by Gasteiger charge is 2.34. The van der Waals surface area contributed by atoms with E-state index in [1.807, 2.05) is 54.6 Å². The van der Waals surface area contributed by atoms with Gasteiger partial charge in [-0.3, -0.25) is 4.79 Å². The molecule has 0 atom stereocenters. The van der Waals surface area contributed by atoms with Crippen LogP contribution >= 0.6 is 11.6 Å². The Balaban J connectivity index is 1.74. The van der Waals surface area contributed by atoms with Crippen molar-refractivity contribution in [2.24, 2.45) is 5.73 Å². The Morgan fingerprint density at radius 3 is 2.31 bits per heavy atom. The highest BCUT2D eigenvalue weighted by Crippen LogP contribution is 2.40. The maximum absolute atomic E-state index is 13.4. The third kappa shape index (κ3) is 3.05. The molecule has 5 rings (SSSR count). The van der Waals surface area contributed by atoms with Gasteiger partial charge in [-0.05, 0) is 42.5 Å². The van der Waals surface area contributed by atoms with Crippen LogP contribution in [0.25, 0.3) is 33.6 Å². The molecule has 2 heterocycles. The predicted octanol–water partition coefficient (Wildman–Crippen LogP) is 5.51. The molecule has 0 radical (unpaired) electrons. The number of fused-ring (bicyclic) bond motifs is 1. The average Bonchev–Trinajstić information content (AvgIpc) is 2.72. The summed E-state index contributed by atoms with van der Waals surface area (Å²) in [6, 6.07) is 20.8. The van der Waals surface area contributed by atoms with Crippen LogP contribution in [-0.2, 0) is 5.54 Å². The first-order valence-corrected chi connectivity index (χ1v) is 10.0. The molecule has 4 aromatic rings. The summed E-state index contributed by atoms with van der Waals surface area (Å²) in [4.78, 5) is 17.6. The van der Waals surface area contributed by atoms with Crippen LogP contribution in [0.4, 0.5) is 0 Å². The molecule has 0 unspecified atom stereocenters. The fourth-order valence-electron chi connectivity index (χ4n) is 3.92. The molecule has 0 saturated heterocycles. The molecule has 1 aliphatic rings. The monoisotopic (exact) mass is 402 g/mol. The maximum atomic E-state index is 13.4. The molecule has 0 aliphatic heterocycles. The lowest BCUT2D eigenvalue weighted by molar-refractivity contribution is 0.253. The zero-order chi connectivity index (χ0) is 20.0. The van der Waals surface area contributed by atoms with Crippen LogP contribution in [0.5, 0.6) is 0 Å². The van der Waals surface area contributed by atoms with Gasteiger partial charge in [0, 0.05) is 11.1 Å². The Morgan fingerprint density at radius 1 is 0.931 bits per heavy atom. The minimum absolute atomic E-state index is 0.131. The van der Waals surface area contributed by atoms with Gasteiger partial charge in [-0.2, -0.15) is 0 Å². The van der Waals surface area contributed by atoms with Crippen LogP contribution in [0, 0.1) is 0 Å². The van der Waals surface area contributed by atoms with Crippen molar-refractivity contribution in [2.45, 2.75) is 24.8 Å². The second kappa shape index (κ2) is 6.83. The smallest absolute Gasteiger partial charge is 0.231 e. The first-order chi connectivity index (χ1) is 14.0. The number of nitrogens with zero attached hydrogens (tertiary/aromatic N) is 1. The van der Waals surface area contributed by atoms with E-state index in [0.717, 1.165) is 36.0 Å². The summed E-state index contributed by atoms with van der Waals surface area (Å²) in [6.45, 7) is 0. The van der Waals surface area contributed by atoms with E-state index in [1.54, 1.807) is 12.1 Å². The molecule has 2 aromatic carbocycles. The van der Waals surface area contributed by atoms with Crippen LogP contribution in [0.1, 0.15) is 24.8 Å². The quantitative estimate of drug-likeness (QED) is 0.458. The van der Waals surface area contributed by atoms with E-state index in [9.17, 15) is 4.79 Å². The number of nitrogens with two attached hydrogens (primary N) is 1. The van der Waals surface area contributed by atoms with Crippen molar-refractivity contribution in [3.63, 3.8) is 0 Å². The molecule has 0 bridgehead atoms. The number of rotatable bonds is 3. The van der Waals surface area contributed by atoms with Crippen molar-refractivity contribution in [1.29, 1.82) is 0 Å². The minimum Gasteiger partial charge on any atom is -0.437 e. The molecule has 4 nitrogen and oxygen atoms in total. The third-order valence-electron chi connectivity index (χ3n) is 5.75. The van der Waals surface area contributed by atoms with Crippen LogP contribution in [-0.4, -0.2) is 4.98 Å². The van der Waals surface area contributed by atoms with E-state index >= 15 is 0 Å². The molecule has 0 spiro atoms. The standard InChI is InChI=1S/C24H19ClN2O2/c25-19-12-11-18-21(28)20(15-7-9-17(10-8-15)24(26)13-4-14-24)22(29-23(18)27-19)16-5-2-1-3-6-16/h1-3,5-12H,4,13-14,26H2. The highest BCUT2D eigenvalue weighted by molar-refractivity contribution is 6.29. The van der Waals surface area contributed by atoms with Crippen LogP contribution in [0.3, 0.4) is 0 Å². The molecule has 1 aliphatic carbocycles. The molecule has 144 valence electrons. The molecule has 2 aromatic heterocycles. The van der Waals surface area contributed by atoms with E-state index in [-0.39, 0.29) is 21.8 Å². The predicted molar refractivity (Wildman–Crippen MR) is 116 cm³/mol. The SMILES string of the molecule is NC1(c2ccc(-c3c(-c4ccccc4)oc4nc(Cl)ccc4c3=O)cc2)CCC1. The molecule has 5 heteroatoms. The zero-order valence-corrected chi connectivity index (χ0v) is 16.4.